The van der Waals surface area contributed by atoms with Crippen molar-refractivity contribution < 1.29 is 10.2 Å². The van der Waals surface area contributed by atoms with Gasteiger partial charge in [0.05, 0.1) is 22.0 Å². The molecule has 0 unspecified atom stereocenters. The minimum absolute atomic E-state index is 0.0234. The van der Waals surface area contributed by atoms with Gasteiger partial charge < -0.3 is 10.2 Å². The highest BCUT2D eigenvalue weighted by atomic mass is 35.5. The first-order chi connectivity index (χ1) is 8.95. The molecule has 0 radical (unpaired) electrons. The van der Waals surface area contributed by atoms with Gasteiger partial charge in [-0.1, -0.05) is 25.4 Å². The van der Waals surface area contributed by atoms with E-state index in [9.17, 15) is 10.2 Å². The maximum atomic E-state index is 9.93. The van der Waals surface area contributed by atoms with E-state index in [1.165, 1.54) is 10.6 Å². The number of nitriles is 1. The van der Waals surface area contributed by atoms with Crippen molar-refractivity contribution in [2.75, 3.05) is 0 Å². The van der Waals surface area contributed by atoms with Gasteiger partial charge >= 0.3 is 0 Å². The summed E-state index contributed by atoms with van der Waals surface area (Å²) in [6.45, 7) is 3.83. The van der Waals surface area contributed by atoms with E-state index in [2.05, 4.69) is 0 Å². The van der Waals surface area contributed by atoms with Gasteiger partial charge in [0.1, 0.15) is 11.8 Å². The third-order valence-corrected chi connectivity index (χ3v) is 3.19. The molecule has 0 aliphatic heterocycles. The summed E-state index contributed by atoms with van der Waals surface area (Å²) in [5.41, 5.74) is 1.57. The fraction of sp³-hybridized carbons (Fsp3) is 0.214. The van der Waals surface area contributed by atoms with Crippen LogP contribution < -0.4 is 0 Å². The molecule has 0 bridgehead atoms. The van der Waals surface area contributed by atoms with Crippen LogP contribution in [0.15, 0.2) is 24.3 Å². The van der Waals surface area contributed by atoms with Crippen molar-refractivity contribution >= 4 is 11.6 Å². The molecule has 98 valence electrons. The molecule has 1 aromatic carbocycles. The standard InChI is InChI=1S/C14H13ClN2O2/c1-8(2)14-12(18)6-13(19)17(14)10-4-3-9(7-16)11(15)5-10/h3-6,8,18-19H,1-2H3. The monoisotopic (exact) mass is 276 g/mol. The second-order valence-corrected chi connectivity index (χ2v) is 4.95. The van der Waals surface area contributed by atoms with Gasteiger partial charge in [0, 0.05) is 6.07 Å². The number of nitrogens with zero attached hydrogens (tertiary/aromatic N) is 2. The van der Waals surface area contributed by atoms with E-state index in [1.807, 2.05) is 19.9 Å². The fourth-order valence-corrected chi connectivity index (χ4v) is 2.27. The van der Waals surface area contributed by atoms with E-state index in [0.29, 0.717) is 22.0 Å². The number of halogens is 1. The lowest BCUT2D eigenvalue weighted by Crippen LogP contribution is -2.02. The van der Waals surface area contributed by atoms with E-state index >= 15 is 0 Å². The van der Waals surface area contributed by atoms with Crippen LogP contribution in [0.5, 0.6) is 11.6 Å². The Kier molecular flexibility index (Phi) is 3.41. The molecule has 0 saturated heterocycles. The Bertz CT molecular complexity index is 669. The third-order valence-electron chi connectivity index (χ3n) is 2.88. The topological polar surface area (TPSA) is 69.2 Å². The van der Waals surface area contributed by atoms with Crippen LogP contribution >= 0.6 is 11.6 Å². The molecule has 19 heavy (non-hydrogen) atoms. The van der Waals surface area contributed by atoms with E-state index in [-0.39, 0.29) is 17.5 Å². The van der Waals surface area contributed by atoms with Gasteiger partial charge in [0.25, 0.3) is 0 Å². The first-order valence-corrected chi connectivity index (χ1v) is 6.17. The summed E-state index contributed by atoms with van der Waals surface area (Å²) in [6, 6.07) is 8.12. The van der Waals surface area contributed by atoms with E-state index < -0.39 is 0 Å². The van der Waals surface area contributed by atoms with Crippen LogP contribution in [0, 0.1) is 11.3 Å². The van der Waals surface area contributed by atoms with Gasteiger partial charge in [-0.25, -0.2) is 0 Å². The highest BCUT2D eigenvalue weighted by Gasteiger charge is 2.18. The molecule has 4 nitrogen and oxygen atoms in total. The summed E-state index contributed by atoms with van der Waals surface area (Å²) >= 11 is 5.99. The molecule has 5 heteroatoms. The van der Waals surface area contributed by atoms with Gasteiger partial charge in [0.2, 0.25) is 0 Å². The van der Waals surface area contributed by atoms with Crippen LogP contribution in [0.1, 0.15) is 31.0 Å². The van der Waals surface area contributed by atoms with Crippen molar-refractivity contribution in [1.29, 1.82) is 5.26 Å². The fourth-order valence-electron chi connectivity index (χ4n) is 2.06. The summed E-state index contributed by atoms with van der Waals surface area (Å²) < 4.78 is 1.52. The SMILES string of the molecule is CC(C)c1c(O)cc(O)n1-c1ccc(C#N)c(Cl)c1. The molecule has 2 N–H and O–H groups in total. The minimum Gasteiger partial charge on any atom is -0.506 e. The van der Waals surface area contributed by atoms with Crippen LogP contribution in [0.25, 0.3) is 5.69 Å². The Morgan fingerprint density at radius 3 is 2.47 bits per heavy atom. The van der Waals surface area contributed by atoms with Crippen LogP contribution in [0.4, 0.5) is 0 Å². The normalized spacial score (nSPS) is 10.7. The Morgan fingerprint density at radius 2 is 1.95 bits per heavy atom. The summed E-state index contributed by atoms with van der Waals surface area (Å²) in [7, 11) is 0. The molecule has 0 atom stereocenters. The number of hydrogen-bond acceptors (Lipinski definition) is 3. The lowest BCUT2D eigenvalue weighted by Gasteiger charge is -2.14. The molecule has 2 rings (SSSR count). The number of aromatic hydroxyl groups is 2. The highest BCUT2D eigenvalue weighted by molar-refractivity contribution is 6.31. The van der Waals surface area contributed by atoms with Crippen LogP contribution in [-0.4, -0.2) is 14.8 Å². The molecule has 1 heterocycles. The first kappa shape index (κ1) is 13.3. The zero-order valence-corrected chi connectivity index (χ0v) is 11.3. The van der Waals surface area contributed by atoms with Crippen molar-refractivity contribution in [3.8, 4) is 23.4 Å². The molecule has 0 amide bonds. The molecule has 0 aliphatic carbocycles. The van der Waals surface area contributed by atoms with E-state index in [1.54, 1.807) is 18.2 Å². The molecular formula is C14H13ClN2O2. The number of hydrogen-bond donors (Lipinski definition) is 2. The van der Waals surface area contributed by atoms with Gasteiger partial charge in [-0.2, -0.15) is 5.26 Å². The third kappa shape index (κ3) is 2.25. The van der Waals surface area contributed by atoms with Gasteiger partial charge in [0.15, 0.2) is 5.88 Å². The van der Waals surface area contributed by atoms with Crippen LogP contribution in [0.3, 0.4) is 0 Å². The molecule has 0 saturated carbocycles. The molecular weight excluding hydrogens is 264 g/mol. The zero-order chi connectivity index (χ0) is 14.2. The number of aromatic nitrogens is 1. The lowest BCUT2D eigenvalue weighted by molar-refractivity contribution is 0.439. The Hall–Kier alpha value is -2.12. The molecule has 0 aliphatic rings. The summed E-state index contributed by atoms with van der Waals surface area (Å²) in [4.78, 5) is 0. The maximum absolute atomic E-state index is 9.93. The highest BCUT2D eigenvalue weighted by Crippen LogP contribution is 2.36. The number of rotatable bonds is 2. The van der Waals surface area contributed by atoms with Gasteiger partial charge in [-0.15, -0.1) is 0 Å². The second-order valence-electron chi connectivity index (χ2n) is 4.54. The zero-order valence-electron chi connectivity index (χ0n) is 10.6. The van der Waals surface area contributed by atoms with Crippen molar-refractivity contribution in [3.05, 3.63) is 40.5 Å². The molecule has 2 aromatic rings. The molecule has 1 aromatic heterocycles. The van der Waals surface area contributed by atoms with Gasteiger partial charge in [-0.05, 0) is 24.1 Å². The van der Waals surface area contributed by atoms with Crippen molar-refractivity contribution in [3.63, 3.8) is 0 Å². The van der Waals surface area contributed by atoms with E-state index in [4.69, 9.17) is 16.9 Å². The van der Waals surface area contributed by atoms with Crippen molar-refractivity contribution in [2.45, 2.75) is 19.8 Å². The average Bonchev–Trinajstić information content (AvgIpc) is 2.64. The predicted molar refractivity (Wildman–Crippen MR) is 72.9 cm³/mol. The van der Waals surface area contributed by atoms with Crippen molar-refractivity contribution in [1.82, 2.24) is 4.57 Å². The van der Waals surface area contributed by atoms with Crippen molar-refractivity contribution in [2.24, 2.45) is 0 Å². The van der Waals surface area contributed by atoms with E-state index in [0.717, 1.165) is 0 Å². The van der Waals surface area contributed by atoms with Crippen LogP contribution in [0.2, 0.25) is 5.02 Å². The van der Waals surface area contributed by atoms with Gasteiger partial charge in [-0.3, -0.25) is 4.57 Å². The Morgan fingerprint density at radius 1 is 1.26 bits per heavy atom. The Balaban J connectivity index is 2.66. The summed E-state index contributed by atoms with van der Waals surface area (Å²) in [5.74, 6) is -0.00900. The molecule has 0 fully saturated rings. The lowest BCUT2D eigenvalue weighted by atomic mass is 10.1. The maximum Gasteiger partial charge on any atom is 0.199 e. The Labute approximate surface area is 116 Å². The summed E-state index contributed by atoms with van der Waals surface area (Å²) in [6.07, 6.45) is 0. The quantitative estimate of drug-likeness (QED) is 0.881. The smallest absolute Gasteiger partial charge is 0.199 e. The number of benzene rings is 1. The minimum atomic E-state index is -0.0676. The largest absolute Gasteiger partial charge is 0.506 e. The second kappa shape index (κ2) is 4.87. The average molecular weight is 277 g/mol. The van der Waals surface area contributed by atoms with Crippen LogP contribution in [-0.2, 0) is 0 Å². The first-order valence-electron chi connectivity index (χ1n) is 5.79. The summed E-state index contributed by atoms with van der Waals surface area (Å²) in [5, 5.41) is 28.9. The molecule has 0 spiro atoms. The predicted octanol–water partition coefficient (Wildman–Crippen LogP) is 3.54.